The molecule has 31 heavy (non-hydrogen) atoms. The predicted molar refractivity (Wildman–Crippen MR) is 131 cm³/mol. The molecule has 0 aliphatic heterocycles. The van der Waals surface area contributed by atoms with E-state index < -0.39 is 0 Å². The van der Waals surface area contributed by atoms with Gasteiger partial charge < -0.3 is 9.42 Å². The van der Waals surface area contributed by atoms with Gasteiger partial charge >= 0.3 is 0 Å². The fraction of sp³-hybridized carbons (Fsp3) is 0.407. The van der Waals surface area contributed by atoms with Crippen LogP contribution in [0.2, 0.25) is 0 Å². The lowest BCUT2D eigenvalue weighted by atomic mass is 10.1. The van der Waals surface area contributed by atoms with Crippen molar-refractivity contribution in [3.05, 3.63) is 77.1 Å². The third-order valence-electron chi connectivity index (χ3n) is 5.25. The Morgan fingerprint density at radius 1 is 1.00 bits per heavy atom. The van der Waals surface area contributed by atoms with Crippen molar-refractivity contribution in [2.75, 3.05) is 6.54 Å². The van der Waals surface area contributed by atoms with Crippen LogP contribution in [0.3, 0.4) is 0 Å². The van der Waals surface area contributed by atoms with Crippen LogP contribution in [0.5, 0.6) is 0 Å². The fourth-order valence-corrected chi connectivity index (χ4v) is 2.93. The van der Waals surface area contributed by atoms with Crippen LogP contribution in [0.1, 0.15) is 70.3 Å². The molecule has 0 N–H and O–H groups in total. The minimum atomic E-state index is 0.603. The second kappa shape index (κ2) is 14.0. The van der Waals surface area contributed by atoms with Crippen molar-refractivity contribution in [2.24, 2.45) is 0 Å². The van der Waals surface area contributed by atoms with Gasteiger partial charge in [0.1, 0.15) is 0 Å². The van der Waals surface area contributed by atoms with Gasteiger partial charge in [-0.25, -0.2) is 0 Å². The standard InChI is InChI=1S/C25H35N3O.C2H2/c1-7-19(4)10-11-20(5)25-26-24(27-29-25)17-16-22-12-14-23(15-13-22)18-28(9-3)21(6)8-2;1-2/h10-15H,6-9,16-18H2,1-5H3;1-2H/b19-10-,20-11+;. The van der Waals surface area contributed by atoms with E-state index >= 15 is 0 Å². The lowest BCUT2D eigenvalue weighted by Gasteiger charge is -2.24. The lowest BCUT2D eigenvalue weighted by molar-refractivity contribution is 0.347. The van der Waals surface area contributed by atoms with Gasteiger partial charge in [-0.3, -0.25) is 0 Å². The molecular weight excluding hydrogens is 382 g/mol. The van der Waals surface area contributed by atoms with Crippen molar-refractivity contribution in [3.63, 3.8) is 0 Å². The van der Waals surface area contributed by atoms with Crippen molar-refractivity contribution in [3.8, 4) is 12.8 Å². The third-order valence-corrected chi connectivity index (χ3v) is 5.25. The van der Waals surface area contributed by atoms with E-state index in [1.807, 2.05) is 13.0 Å². The summed E-state index contributed by atoms with van der Waals surface area (Å²) in [5.74, 6) is 1.36. The molecule has 0 bridgehead atoms. The number of benzene rings is 1. The number of aromatic nitrogens is 2. The number of hydrogen-bond acceptors (Lipinski definition) is 4. The first-order chi connectivity index (χ1) is 15.0. The van der Waals surface area contributed by atoms with Gasteiger partial charge in [0, 0.05) is 30.8 Å². The summed E-state index contributed by atoms with van der Waals surface area (Å²) in [7, 11) is 0. The molecule has 2 aromatic rings. The van der Waals surface area contributed by atoms with Gasteiger partial charge in [-0.15, -0.1) is 12.8 Å². The third kappa shape index (κ3) is 8.68. The number of allylic oxidation sites excluding steroid dienone is 5. The number of nitrogens with zero attached hydrogens (tertiary/aromatic N) is 3. The molecular formula is C27H37N3O. The molecule has 0 fully saturated rings. The molecule has 1 heterocycles. The summed E-state index contributed by atoms with van der Waals surface area (Å²) >= 11 is 0. The monoisotopic (exact) mass is 419 g/mol. The van der Waals surface area contributed by atoms with Gasteiger partial charge in [0.15, 0.2) is 5.82 Å². The molecule has 0 amide bonds. The van der Waals surface area contributed by atoms with E-state index in [9.17, 15) is 0 Å². The Morgan fingerprint density at radius 2 is 1.65 bits per heavy atom. The molecule has 2 rings (SSSR count). The highest BCUT2D eigenvalue weighted by molar-refractivity contribution is 5.58. The molecule has 0 spiro atoms. The Morgan fingerprint density at radius 3 is 2.23 bits per heavy atom. The second-order valence-corrected chi connectivity index (χ2v) is 7.48. The van der Waals surface area contributed by atoms with Crippen molar-refractivity contribution >= 4 is 5.57 Å². The predicted octanol–water partition coefficient (Wildman–Crippen LogP) is 6.61. The van der Waals surface area contributed by atoms with Gasteiger partial charge in [-0.2, -0.15) is 4.98 Å². The smallest absolute Gasteiger partial charge is 0.253 e. The minimum absolute atomic E-state index is 0.603. The zero-order valence-corrected chi connectivity index (χ0v) is 19.8. The van der Waals surface area contributed by atoms with Gasteiger partial charge in [0.25, 0.3) is 5.89 Å². The highest BCUT2D eigenvalue weighted by Gasteiger charge is 2.09. The second-order valence-electron chi connectivity index (χ2n) is 7.48. The normalized spacial score (nSPS) is 11.6. The van der Waals surface area contributed by atoms with Crippen molar-refractivity contribution in [1.29, 1.82) is 0 Å². The highest BCUT2D eigenvalue weighted by atomic mass is 16.5. The van der Waals surface area contributed by atoms with E-state index in [0.717, 1.165) is 50.2 Å². The van der Waals surface area contributed by atoms with Crippen LogP contribution in [0.15, 0.2) is 58.8 Å². The lowest BCUT2D eigenvalue weighted by Crippen LogP contribution is -2.21. The topological polar surface area (TPSA) is 42.2 Å². The molecule has 0 unspecified atom stereocenters. The van der Waals surface area contributed by atoms with E-state index in [1.165, 1.54) is 22.4 Å². The van der Waals surface area contributed by atoms with Crippen LogP contribution in [0.25, 0.3) is 5.57 Å². The number of terminal acetylenes is 1. The molecule has 4 heteroatoms. The maximum atomic E-state index is 5.42. The maximum Gasteiger partial charge on any atom is 0.253 e. The number of aryl methyl sites for hydroxylation is 2. The Balaban J connectivity index is 0.00000233. The molecule has 0 atom stereocenters. The number of hydrogen-bond donors (Lipinski definition) is 0. The van der Waals surface area contributed by atoms with Crippen LogP contribution >= 0.6 is 0 Å². The average Bonchev–Trinajstić information content (AvgIpc) is 3.30. The van der Waals surface area contributed by atoms with Gasteiger partial charge in [-0.05, 0) is 51.2 Å². The Bertz CT molecular complexity index is 885. The minimum Gasteiger partial charge on any atom is -0.371 e. The van der Waals surface area contributed by atoms with E-state index in [4.69, 9.17) is 4.52 Å². The molecule has 0 aliphatic carbocycles. The molecule has 1 aromatic carbocycles. The molecule has 0 radical (unpaired) electrons. The Kier molecular flexibility index (Phi) is 11.8. The van der Waals surface area contributed by atoms with Crippen LogP contribution in [0.4, 0.5) is 0 Å². The fourth-order valence-electron chi connectivity index (χ4n) is 2.93. The highest BCUT2D eigenvalue weighted by Crippen LogP contribution is 2.16. The molecule has 4 nitrogen and oxygen atoms in total. The van der Waals surface area contributed by atoms with Crippen molar-refractivity contribution < 1.29 is 4.52 Å². The average molecular weight is 420 g/mol. The van der Waals surface area contributed by atoms with E-state index in [0.29, 0.717) is 5.89 Å². The zero-order valence-electron chi connectivity index (χ0n) is 19.8. The zero-order chi connectivity index (χ0) is 23.2. The molecule has 0 aliphatic rings. The first kappa shape index (κ1) is 26.0. The first-order valence-corrected chi connectivity index (χ1v) is 11.0. The Labute approximate surface area is 188 Å². The van der Waals surface area contributed by atoms with Gasteiger partial charge in [-0.1, -0.05) is 67.6 Å². The summed E-state index contributed by atoms with van der Waals surface area (Å²) in [5, 5.41) is 4.13. The summed E-state index contributed by atoms with van der Waals surface area (Å²) < 4.78 is 5.42. The number of rotatable bonds is 11. The van der Waals surface area contributed by atoms with Crippen LogP contribution < -0.4 is 0 Å². The van der Waals surface area contributed by atoms with Gasteiger partial charge in [0.2, 0.25) is 0 Å². The first-order valence-electron chi connectivity index (χ1n) is 11.0. The Hall–Kier alpha value is -3.06. The summed E-state index contributed by atoms with van der Waals surface area (Å²) in [6, 6.07) is 8.81. The molecule has 166 valence electrons. The van der Waals surface area contributed by atoms with E-state index in [1.54, 1.807) is 0 Å². The molecule has 0 saturated carbocycles. The van der Waals surface area contributed by atoms with Crippen LogP contribution in [-0.2, 0) is 19.4 Å². The van der Waals surface area contributed by atoms with Crippen molar-refractivity contribution in [2.45, 2.75) is 66.8 Å². The van der Waals surface area contributed by atoms with Gasteiger partial charge in [0.05, 0.1) is 0 Å². The molecule has 1 aromatic heterocycles. The van der Waals surface area contributed by atoms with E-state index in [-0.39, 0.29) is 0 Å². The SMILES string of the molecule is C#C.C=C(CC)N(CC)Cc1ccc(CCc2noc(/C(C)=C/C=C(/C)CC)n2)cc1. The van der Waals surface area contributed by atoms with E-state index in [2.05, 4.69) is 92.5 Å². The van der Waals surface area contributed by atoms with Crippen LogP contribution in [0, 0.1) is 12.8 Å². The quantitative estimate of drug-likeness (QED) is 0.304. The summed E-state index contributed by atoms with van der Waals surface area (Å²) in [5.41, 5.74) is 6.10. The largest absolute Gasteiger partial charge is 0.371 e. The summed E-state index contributed by atoms with van der Waals surface area (Å²) in [6.07, 6.45) is 15.9. The summed E-state index contributed by atoms with van der Waals surface area (Å²) in [4.78, 5) is 6.86. The summed E-state index contributed by atoms with van der Waals surface area (Å²) in [6.45, 7) is 16.6. The van der Waals surface area contributed by atoms with Crippen molar-refractivity contribution in [1.82, 2.24) is 15.0 Å². The molecule has 0 saturated heterocycles. The maximum absolute atomic E-state index is 5.42. The van der Waals surface area contributed by atoms with Crippen LogP contribution in [-0.4, -0.2) is 21.6 Å².